The molecule has 0 aliphatic rings. The molecule has 2 heteroatoms. The first-order chi connectivity index (χ1) is 6.99. The fourth-order valence-corrected chi connectivity index (χ4v) is 1.77. The highest BCUT2D eigenvalue weighted by Gasteiger charge is 2.28. The predicted molar refractivity (Wildman–Crippen MR) is 63.8 cm³/mol. The molecule has 0 aliphatic carbocycles. The molecule has 0 radical (unpaired) electrons. The Morgan fingerprint density at radius 3 is 2.47 bits per heavy atom. The van der Waals surface area contributed by atoms with Gasteiger partial charge in [-0.2, -0.15) is 0 Å². The first kappa shape index (κ1) is 12.2. The van der Waals surface area contributed by atoms with Gasteiger partial charge in [0.05, 0.1) is 11.6 Å². The summed E-state index contributed by atoms with van der Waals surface area (Å²) in [7, 11) is 0. The molecule has 0 amide bonds. The van der Waals surface area contributed by atoms with Gasteiger partial charge in [-0.1, -0.05) is 24.3 Å². The fraction of sp³-hybridized carbons (Fsp3) is 0.538. The first-order valence-electron chi connectivity index (χ1n) is 5.44. The summed E-state index contributed by atoms with van der Waals surface area (Å²) in [5, 5.41) is 0. The van der Waals surface area contributed by atoms with E-state index in [-0.39, 0.29) is 11.6 Å². The van der Waals surface area contributed by atoms with Crippen LogP contribution in [-0.2, 0) is 4.74 Å². The van der Waals surface area contributed by atoms with Crippen LogP contribution in [0.1, 0.15) is 37.9 Å². The standard InChI is InChI=1S/C13H21NO/c1-5-15-13(3,4)12(14)11-9-7-6-8-10(11)2/h6-9,12H,5,14H2,1-4H3. The van der Waals surface area contributed by atoms with Crippen molar-refractivity contribution < 1.29 is 4.74 Å². The maximum Gasteiger partial charge on any atom is 0.0818 e. The second-order valence-corrected chi connectivity index (χ2v) is 4.37. The Kier molecular flexibility index (Phi) is 3.89. The smallest absolute Gasteiger partial charge is 0.0818 e. The van der Waals surface area contributed by atoms with E-state index in [1.165, 1.54) is 5.56 Å². The molecule has 2 nitrogen and oxygen atoms in total. The highest BCUT2D eigenvalue weighted by Crippen LogP contribution is 2.28. The van der Waals surface area contributed by atoms with E-state index in [1.54, 1.807) is 0 Å². The van der Waals surface area contributed by atoms with Crippen LogP contribution in [0.3, 0.4) is 0 Å². The molecule has 2 N–H and O–H groups in total. The molecule has 0 spiro atoms. The molecule has 0 aromatic heterocycles. The Balaban J connectivity index is 2.93. The van der Waals surface area contributed by atoms with Gasteiger partial charge in [0, 0.05) is 6.61 Å². The van der Waals surface area contributed by atoms with Crippen molar-refractivity contribution >= 4 is 0 Å². The van der Waals surface area contributed by atoms with Crippen molar-refractivity contribution in [3.63, 3.8) is 0 Å². The van der Waals surface area contributed by atoms with Gasteiger partial charge in [0.1, 0.15) is 0 Å². The summed E-state index contributed by atoms with van der Waals surface area (Å²) >= 11 is 0. The van der Waals surface area contributed by atoms with Gasteiger partial charge in [-0.3, -0.25) is 0 Å². The summed E-state index contributed by atoms with van der Waals surface area (Å²) in [5.41, 5.74) is 8.30. The van der Waals surface area contributed by atoms with Crippen molar-refractivity contribution in [2.45, 2.75) is 39.3 Å². The zero-order valence-corrected chi connectivity index (χ0v) is 10.1. The second kappa shape index (κ2) is 4.77. The molecule has 84 valence electrons. The first-order valence-corrected chi connectivity index (χ1v) is 5.44. The van der Waals surface area contributed by atoms with Crippen LogP contribution < -0.4 is 5.73 Å². The van der Waals surface area contributed by atoms with Crippen molar-refractivity contribution in [1.29, 1.82) is 0 Å². The molecule has 1 aromatic carbocycles. The van der Waals surface area contributed by atoms with Gasteiger partial charge >= 0.3 is 0 Å². The van der Waals surface area contributed by atoms with Crippen LogP contribution in [0.2, 0.25) is 0 Å². The van der Waals surface area contributed by atoms with Gasteiger partial charge in [0.15, 0.2) is 0 Å². The topological polar surface area (TPSA) is 35.2 Å². The minimum atomic E-state index is -0.319. The molecule has 0 saturated heterocycles. The lowest BCUT2D eigenvalue weighted by atomic mass is 9.90. The molecule has 1 unspecified atom stereocenters. The van der Waals surface area contributed by atoms with Gasteiger partial charge in [-0.05, 0) is 38.8 Å². The number of nitrogens with two attached hydrogens (primary N) is 1. The zero-order chi connectivity index (χ0) is 11.5. The third kappa shape index (κ3) is 2.80. The SMILES string of the molecule is CCOC(C)(C)C(N)c1ccccc1C. The van der Waals surface area contributed by atoms with E-state index in [0.29, 0.717) is 6.61 Å². The van der Waals surface area contributed by atoms with Crippen molar-refractivity contribution in [3.05, 3.63) is 35.4 Å². The number of ether oxygens (including phenoxy) is 1. The van der Waals surface area contributed by atoms with Crippen LogP contribution in [0.25, 0.3) is 0 Å². The van der Waals surface area contributed by atoms with Gasteiger partial charge in [-0.15, -0.1) is 0 Å². The Morgan fingerprint density at radius 1 is 1.33 bits per heavy atom. The van der Waals surface area contributed by atoms with E-state index in [4.69, 9.17) is 10.5 Å². The van der Waals surface area contributed by atoms with Crippen molar-refractivity contribution in [2.75, 3.05) is 6.61 Å². The van der Waals surface area contributed by atoms with Crippen molar-refractivity contribution in [3.8, 4) is 0 Å². The third-order valence-electron chi connectivity index (χ3n) is 2.79. The Hall–Kier alpha value is -0.860. The average molecular weight is 207 g/mol. The average Bonchev–Trinajstić information content (AvgIpc) is 2.17. The molecule has 0 heterocycles. The van der Waals surface area contributed by atoms with Gasteiger partial charge in [0.2, 0.25) is 0 Å². The zero-order valence-electron chi connectivity index (χ0n) is 10.1. The van der Waals surface area contributed by atoms with Crippen molar-refractivity contribution in [2.24, 2.45) is 5.73 Å². The van der Waals surface area contributed by atoms with Crippen molar-refractivity contribution in [1.82, 2.24) is 0 Å². The van der Waals surface area contributed by atoms with Gasteiger partial charge < -0.3 is 10.5 Å². The van der Waals surface area contributed by atoms with Crippen LogP contribution >= 0.6 is 0 Å². The fourth-order valence-electron chi connectivity index (χ4n) is 1.77. The van der Waals surface area contributed by atoms with E-state index in [2.05, 4.69) is 19.1 Å². The minimum Gasteiger partial charge on any atom is -0.374 e. The lowest BCUT2D eigenvalue weighted by Crippen LogP contribution is -2.38. The molecule has 0 saturated carbocycles. The highest BCUT2D eigenvalue weighted by atomic mass is 16.5. The number of hydrogen-bond acceptors (Lipinski definition) is 2. The van der Waals surface area contributed by atoms with Crippen LogP contribution in [0.4, 0.5) is 0 Å². The monoisotopic (exact) mass is 207 g/mol. The maximum absolute atomic E-state index is 6.23. The van der Waals surface area contributed by atoms with Crippen LogP contribution in [-0.4, -0.2) is 12.2 Å². The van der Waals surface area contributed by atoms with Gasteiger partial charge in [-0.25, -0.2) is 0 Å². The largest absolute Gasteiger partial charge is 0.374 e. The second-order valence-electron chi connectivity index (χ2n) is 4.37. The lowest BCUT2D eigenvalue weighted by Gasteiger charge is -2.32. The number of rotatable bonds is 4. The summed E-state index contributed by atoms with van der Waals surface area (Å²) in [6, 6.07) is 8.11. The molecule has 1 rings (SSSR count). The maximum atomic E-state index is 6.23. The molecular formula is C13H21NO. The van der Waals surface area contributed by atoms with E-state index in [0.717, 1.165) is 5.56 Å². The third-order valence-corrected chi connectivity index (χ3v) is 2.79. The summed E-state index contributed by atoms with van der Waals surface area (Å²) in [6.07, 6.45) is 0. The summed E-state index contributed by atoms with van der Waals surface area (Å²) in [5.74, 6) is 0. The Morgan fingerprint density at radius 2 is 1.93 bits per heavy atom. The summed E-state index contributed by atoms with van der Waals surface area (Å²) in [4.78, 5) is 0. The van der Waals surface area contributed by atoms with Crippen LogP contribution in [0.5, 0.6) is 0 Å². The van der Waals surface area contributed by atoms with E-state index < -0.39 is 0 Å². The number of aryl methyl sites for hydroxylation is 1. The molecule has 15 heavy (non-hydrogen) atoms. The molecule has 1 aromatic rings. The van der Waals surface area contributed by atoms with Gasteiger partial charge in [0.25, 0.3) is 0 Å². The van der Waals surface area contributed by atoms with E-state index >= 15 is 0 Å². The Labute approximate surface area is 92.4 Å². The highest BCUT2D eigenvalue weighted by molar-refractivity contribution is 5.30. The van der Waals surface area contributed by atoms with E-state index in [9.17, 15) is 0 Å². The lowest BCUT2D eigenvalue weighted by molar-refractivity contribution is -0.0299. The number of benzene rings is 1. The molecular weight excluding hydrogens is 186 g/mol. The minimum absolute atomic E-state index is 0.0846. The normalized spacial score (nSPS) is 13.9. The summed E-state index contributed by atoms with van der Waals surface area (Å²) < 4.78 is 5.68. The molecule has 0 bridgehead atoms. The quantitative estimate of drug-likeness (QED) is 0.824. The molecule has 0 fully saturated rings. The molecule has 1 atom stereocenters. The summed E-state index contributed by atoms with van der Waals surface area (Å²) in [6.45, 7) is 8.83. The number of hydrogen-bond donors (Lipinski definition) is 1. The van der Waals surface area contributed by atoms with E-state index in [1.807, 2.05) is 32.9 Å². The predicted octanol–water partition coefficient (Wildman–Crippen LogP) is 2.81. The van der Waals surface area contributed by atoms with Crippen LogP contribution in [0, 0.1) is 6.92 Å². The molecule has 0 aliphatic heterocycles. The van der Waals surface area contributed by atoms with Crippen LogP contribution in [0.15, 0.2) is 24.3 Å². The Bertz CT molecular complexity index is 320.